The zero-order valence-electron chi connectivity index (χ0n) is 16.8. The highest BCUT2D eigenvalue weighted by Gasteiger charge is 2.26. The van der Waals surface area contributed by atoms with E-state index in [2.05, 4.69) is 41.8 Å². The lowest BCUT2D eigenvalue weighted by Crippen LogP contribution is -2.48. The van der Waals surface area contributed by atoms with E-state index < -0.39 is 0 Å². The fraction of sp³-hybridized carbons (Fsp3) is 0.450. The van der Waals surface area contributed by atoms with Gasteiger partial charge in [-0.3, -0.25) is 4.79 Å². The number of nitrogens with one attached hydrogen (secondary N) is 3. The minimum Gasteiger partial charge on any atom is -0.497 e. The van der Waals surface area contributed by atoms with Crippen LogP contribution in [0.15, 0.2) is 28.9 Å². The van der Waals surface area contributed by atoms with E-state index in [1.54, 1.807) is 33.4 Å². The number of carbonyl (C=O) groups is 1. The second-order valence-electron chi connectivity index (χ2n) is 6.92. The number of ether oxygens (including phenoxy) is 2. The van der Waals surface area contributed by atoms with E-state index in [1.807, 2.05) is 12.1 Å². The van der Waals surface area contributed by atoms with Gasteiger partial charge in [0.15, 0.2) is 0 Å². The number of carbonyl (C=O) groups excluding carboxylic acids is 1. The van der Waals surface area contributed by atoms with E-state index >= 15 is 0 Å². The largest absolute Gasteiger partial charge is 0.497 e. The van der Waals surface area contributed by atoms with Crippen LogP contribution in [-0.2, 0) is 4.79 Å². The Kier molecular flexibility index (Phi) is 7.13. The lowest BCUT2D eigenvalue weighted by Gasteiger charge is -2.33. The third-order valence-electron chi connectivity index (χ3n) is 4.88. The molecule has 1 saturated carbocycles. The Morgan fingerprint density at radius 3 is 2.62 bits per heavy atom. The summed E-state index contributed by atoms with van der Waals surface area (Å²) in [5, 5.41) is 9.71. The molecule has 156 valence electrons. The van der Waals surface area contributed by atoms with Gasteiger partial charge >= 0.3 is 0 Å². The van der Waals surface area contributed by atoms with Gasteiger partial charge in [0, 0.05) is 31.3 Å². The number of nitrogens with zero attached hydrogens (tertiary/aromatic N) is 2. The minimum atomic E-state index is -0.0144. The van der Waals surface area contributed by atoms with Gasteiger partial charge in [-0.15, -0.1) is 0 Å². The number of methoxy groups -OCH3 is 2. The number of halogens is 1. The van der Waals surface area contributed by atoms with E-state index in [1.165, 1.54) is 0 Å². The maximum Gasteiger partial charge on any atom is 0.229 e. The molecule has 1 aliphatic rings. The third-order valence-corrected chi connectivity index (χ3v) is 5.46. The molecule has 3 N–H and O–H groups in total. The van der Waals surface area contributed by atoms with Gasteiger partial charge in [0.2, 0.25) is 11.9 Å². The minimum absolute atomic E-state index is 0.0144. The summed E-state index contributed by atoms with van der Waals surface area (Å²) in [4.78, 5) is 20.5. The van der Waals surface area contributed by atoms with Crippen LogP contribution < -0.4 is 25.4 Å². The van der Waals surface area contributed by atoms with Gasteiger partial charge in [0.25, 0.3) is 0 Å². The lowest BCUT2D eigenvalue weighted by molar-refractivity contribution is -0.119. The maximum atomic E-state index is 11.5. The molecular formula is C20H26BrN5O3. The summed E-state index contributed by atoms with van der Waals surface area (Å²) in [5.74, 6) is 2.43. The van der Waals surface area contributed by atoms with Gasteiger partial charge in [-0.05, 0) is 40.9 Å². The molecule has 29 heavy (non-hydrogen) atoms. The Bertz CT molecular complexity index is 864. The fourth-order valence-corrected chi connectivity index (χ4v) is 3.77. The fourth-order valence-electron chi connectivity index (χ4n) is 3.46. The first-order valence-electron chi connectivity index (χ1n) is 9.55. The van der Waals surface area contributed by atoms with Crippen LogP contribution in [0, 0.1) is 0 Å². The molecular weight excluding hydrogens is 438 g/mol. The summed E-state index contributed by atoms with van der Waals surface area (Å²) >= 11 is 3.52. The summed E-state index contributed by atoms with van der Waals surface area (Å²) in [6.45, 7) is 1.55. The molecule has 0 spiro atoms. The van der Waals surface area contributed by atoms with Crippen LogP contribution in [-0.4, -0.2) is 42.2 Å². The molecule has 0 radical (unpaired) electrons. The zero-order chi connectivity index (χ0) is 20.8. The first-order valence-corrected chi connectivity index (χ1v) is 10.3. The Balaban J connectivity index is 1.78. The van der Waals surface area contributed by atoms with E-state index in [0.29, 0.717) is 23.3 Å². The first-order chi connectivity index (χ1) is 14.0. The van der Waals surface area contributed by atoms with Crippen molar-refractivity contribution in [2.24, 2.45) is 0 Å². The standard InChI is InChI=1S/C20H26BrN5O3/c1-12(27)23-15-6-4-5-7-16(15)24-19-14(21)11-22-20(26-19)25-17-9-8-13(28-2)10-18(17)29-3/h8-11,15-16H,4-7H2,1-3H3,(H,23,27)(H2,22,24,25,26). The van der Waals surface area contributed by atoms with E-state index in [-0.39, 0.29) is 18.0 Å². The summed E-state index contributed by atoms with van der Waals surface area (Å²) in [5.41, 5.74) is 0.732. The predicted molar refractivity (Wildman–Crippen MR) is 116 cm³/mol. The van der Waals surface area contributed by atoms with Crippen LogP contribution in [0.5, 0.6) is 11.5 Å². The molecule has 1 aromatic heterocycles. The second-order valence-corrected chi connectivity index (χ2v) is 7.78. The van der Waals surface area contributed by atoms with Crippen LogP contribution in [0.3, 0.4) is 0 Å². The van der Waals surface area contributed by atoms with Crippen molar-refractivity contribution in [3.8, 4) is 11.5 Å². The number of aromatic nitrogens is 2. The molecule has 3 rings (SSSR count). The molecule has 1 heterocycles. The Morgan fingerprint density at radius 1 is 1.17 bits per heavy atom. The third kappa shape index (κ3) is 5.50. The van der Waals surface area contributed by atoms with Crippen LogP contribution in [0.1, 0.15) is 32.6 Å². The number of anilines is 3. The van der Waals surface area contributed by atoms with Crippen LogP contribution in [0.4, 0.5) is 17.5 Å². The van der Waals surface area contributed by atoms with Crippen molar-refractivity contribution in [3.63, 3.8) is 0 Å². The van der Waals surface area contributed by atoms with Crippen molar-refractivity contribution in [2.75, 3.05) is 24.9 Å². The Morgan fingerprint density at radius 2 is 1.93 bits per heavy atom. The molecule has 0 bridgehead atoms. The highest BCUT2D eigenvalue weighted by molar-refractivity contribution is 9.10. The zero-order valence-corrected chi connectivity index (χ0v) is 18.4. The van der Waals surface area contributed by atoms with Crippen molar-refractivity contribution in [3.05, 3.63) is 28.9 Å². The normalized spacial score (nSPS) is 18.6. The van der Waals surface area contributed by atoms with E-state index in [0.717, 1.165) is 35.8 Å². The highest BCUT2D eigenvalue weighted by atomic mass is 79.9. The number of amides is 1. The topological polar surface area (TPSA) is 97.4 Å². The van der Waals surface area contributed by atoms with Crippen molar-refractivity contribution >= 4 is 39.3 Å². The smallest absolute Gasteiger partial charge is 0.229 e. The van der Waals surface area contributed by atoms with Gasteiger partial charge in [-0.25, -0.2) is 4.98 Å². The van der Waals surface area contributed by atoms with Crippen molar-refractivity contribution in [2.45, 2.75) is 44.7 Å². The Hall–Kier alpha value is -2.55. The van der Waals surface area contributed by atoms with Gasteiger partial charge in [0.1, 0.15) is 17.3 Å². The molecule has 2 atom stereocenters. The lowest BCUT2D eigenvalue weighted by atomic mass is 9.90. The summed E-state index contributed by atoms with van der Waals surface area (Å²) in [6.07, 6.45) is 5.84. The van der Waals surface area contributed by atoms with Gasteiger partial charge in [-0.1, -0.05) is 12.8 Å². The second kappa shape index (κ2) is 9.78. The maximum absolute atomic E-state index is 11.5. The SMILES string of the molecule is COc1ccc(Nc2ncc(Br)c(NC3CCCCC3NC(C)=O)n2)c(OC)c1. The van der Waals surface area contributed by atoms with Crippen LogP contribution in [0.25, 0.3) is 0 Å². The Labute approximate surface area is 178 Å². The van der Waals surface area contributed by atoms with E-state index in [9.17, 15) is 4.79 Å². The number of hydrogen-bond acceptors (Lipinski definition) is 7. The quantitative estimate of drug-likeness (QED) is 0.573. The number of hydrogen-bond donors (Lipinski definition) is 3. The molecule has 0 saturated heterocycles. The summed E-state index contributed by atoms with van der Waals surface area (Å²) < 4.78 is 11.4. The number of benzene rings is 1. The molecule has 1 fully saturated rings. The average Bonchev–Trinajstić information content (AvgIpc) is 2.71. The molecule has 9 heteroatoms. The molecule has 8 nitrogen and oxygen atoms in total. The van der Waals surface area contributed by atoms with Gasteiger partial charge in [0.05, 0.1) is 24.4 Å². The number of rotatable bonds is 7. The van der Waals surface area contributed by atoms with Crippen molar-refractivity contribution in [1.29, 1.82) is 0 Å². The molecule has 1 aliphatic carbocycles. The van der Waals surface area contributed by atoms with Gasteiger partial charge in [-0.2, -0.15) is 4.98 Å². The van der Waals surface area contributed by atoms with Crippen molar-refractivity contribution < 1.29 is 14.3 Å². The highest BCUT2D eigenvalue weighted by Crippen LogP contribution is 2.32. The molecule has 1 amide bonds. The predicted octanol–water partition coefficient (Wildman–Crippen LogP) is 3.86. The van der Waals surface area contributed by atoms with Gasteiger partial charge < -0.3 is 25.4 Å². The van der Waals surface area contributed by atoms with Crippen molar-refractivity contribution in [1.82, 2.24) is 15.3 Å². The molecule has 2 unspecified atom stereocenters. The first kappa shape index (κ1) is 21.2. The average molecular weight is 464 g/mol. The monoisotopic (exact) mass is 463 g/mol. The molecule has 1 aromatic carbocycles. The summed E-state index contributed by atoms with van der Waals surface area (Å²) in [6, 6.07) is 5.68. The molecule has 2 aromatic rings. The van der Waals surface area contributed by atoms with Crippen LogP contribution >= 0.6 is 15.9 Å². The van der Waals surface area contributed by atoms with Crippen LogP contribution in [0.2, 0.25) is 0 Å². The van der Waals surface area contributed by atoms with E-state index in [4.69, 9.17) is 9.47 Å². The summed E-state index contributed by atoms with van der Waals surface area (Å²) in [7, 11) is 3.21. The molecule has 0 aliphatic heterocycles.